The third kappa shape index (κ3) is 2.34. The summed E-state index contributed by atoms with van der Waals surface area (Å²) >= 11 is 0. The van der Waals surface area contributed by atoms with Crippen molar-refractivity contribution in [3.05, 3.63) is 24.8 Å². The van der Waals surface area contributed by atoms with E-state index in [0.29, 0.717) is 12.2 Å². The minimum atomic E-state index is 0.276. The van der Waals surface area contributed by atoms with Gasteiger partial charge in [0.15, 0.2) is 0 Å². The van der Waals surface area contributed by atoms with Crippen molar-refractivity contribution in [2.75, 3.05) is 0 Å². The van der Waals surface area contributed by atoms with Gasteiger partial charge in [-0.25, -0.2) is 0 Å². The topological polar surface area (TPSA) is 17.1 Å². The average molecular weight is 150 g/mol. The summed E-state index contributed by atoms with van der Waals surface area (Å²) in [7, 11) is 0. The van der Waals surface area contributed by atoms with Crippen LogP contribution in [-0.2, 0) is 4.79 Å². The van der Waals surface area contributed by atoms with Gasteiger partial charge in [-0.1, -0.05) is 18.2 Å². The molecule has 0 fully saturated rings. The van der Waals surface area contributed by atoms with E-state index in [2.05, 4.69) is 18.7 Å². The number of carbonyl (C=O) groups is 1. The molecular formula is C10H14O. The van der Waals surface area contributed by atoms with Gasteiger partial charge < -0.3 is 0 Å². The van der Waals surface area contributed by atoms with E-state index in [-0.39, 0.29) is 5.92 Å². The SMILES string of the molecule is C=CCC(=O)[C@@H]1CC=CCC1. The highest BCUT2D eigenvalue weighted by Gasteiger charge is 2.16. The molecule has 0 aliphatic heterocycles. The van der Waals surface area contributed by atoms with Gasteiger partial charge in [0, 0.05) is 12.3 Å². The van der Waals surface area contributed by atoms with Crippen LogP contribution in [0.25, 0.3) is 0 Å². The van der Waals surface area contributed by atoms with Crippen LogP contribution in [-0.4, -0.2) is 5.78 Å². The molecule has 1 nitrogen and oxygen atoms in total. The molecule has 0 spiro atoms. The van der Waals surface area contributed by atoms with Gasteiger partial charge in [0.1, 0.15) is 5.78 Å². The van der Waals surface area contributed by atoms with Gasteiger partial charge in [0.2, 0.25) is 0 Å². The Balaban J connectivity index is 2.40. The van der Waals surface area contributed by atoms with Crippen LogP contribution in [0.2, 0.25) is 0 Å². The van der Waals surface area contributed by atoms with Gasteiger partial charge in [-0.3, -0.25) is 4.79 Å². The summed E-state index contributed by atoms with van der Waals surface area (Å²) in [6, 6.07) is 0. The van der Waals surface area contributed by atoms with Crippen molar-refractivity contribution in [3.8, 4) is 0 Å². The molecule has 1 heteroatoms. The van der Waals surface area contributed by atoms with Gasteiger partial charge >= 0.3 is 0 Å². The van der Waals surface area contributed by atoms with Crippen LogP contribution >= 0.6 is 0 Å². The summed E-state index contributed by atoms with van der Waals surface area (Å²) in [5.74, 6) is 0.627. The molecule has 0 unspecified atom stereocenters. The van der Waals surface area contributed by atoms with Crippen LogP contribution in [0.1, 0.15) is 25.7 Å². The first-order chi connectivity index (χ1) is 5.34. The molecular weight excluding hydrogens is 136 g/mol. The molecule has 11 heavy (non-hydrogen) atoms. The Morgan fingerprint density at radius 3 is 3.00 bits per heavy atom. The second-order valence-corrected chi connectivity index (χ2v) is 2.94. The standard InChI is InChI=1S/C10H14O/c1-2-6-10(11)9-7-4-3-5-8-9/h2-4,9H,1,5-8H2/t9-/m1/s1. The van der Waals surface area contributed by atoms with Crippen molar-refractivity contribution in [2.45, 2.75) is 25.7 Å². The van der Waals surface area contributed by atoms with E-state index in [9.17, 15) is 4.79 Å². The fraction of sp³-hybridized carbons (Fsp3) is 0.500. The molecule has 1 atom stereocenters. The van der Waals surface area contributed by atoms with Crippen LogP contribution in [0.3, 0.4) is 0 Å². The van der Waals surface area contributed by atoms with E-state index in [0.717, 1.165) is 19.3 Å². The van der Waals surface area contributed by atoms with Gasteiger partial charge in [-0.2, -0.15) is 0 Å². The fourth-order valence-corrected chi connectivity index (χ4v) is 1.39. The van der Waals surface area contributed by atoms with Crippen LogP contribution in [0.5, 0.6) is 0 Å². The molecule has 0 N–H and O–H groups in total. The summed E-state index contributed by atoms with van der Waals surface area (Å²) in [6.07, 6.45) is 9.52. The number of hydrogen-bond donors (Lipinski definition) is 0. The maximum Gasteiger partial charge on any atom is 0.140 e. The van der Waals surface area contributed by atoms with Crippen molar-refractivity contribution in [2.24, 2.45) is 5.92 Å². The molecule has 0 aromatic rings. The lowest BCUT2D eigenvalue weighted by atomic mass is 9.89. The summed E-state index contributed by atoms with van der Waals surface area (Å²) in [5.41, 5.74) is 0. The maximum absolute atomic E-state index is 11.3. The van der Waals surface area contributed by atoms with E-state index in [1.165, 1.54) is 0 Å². The second kappa shape index (κ2) is 4.12. The van der Waals surface area contributed by atoms with Crippen molar-refractivity contribution >= 4 is 5.78 Å². The predicted molar refractivity (Wildman–Crippen MR) is 46.3 cm³/mol. The predicted octanol–water partition coefficient (Wildman–Crippen LogP) is 2.49. The molecule has 0 aromatic heterocycles. The van der Waals surface area contributed by atoms with Crippen molar-refractivity contribution in [1.82, 2.24) is 0 Å². The van der Waals surface area contributed by atoms with Gasteiger partial charge in [-0.05, 0) is 19.3 Å². The lowest BCUT2D eigenvalue weighted by molar-refractivity contribution is -0.122. The van der Waals surface area contributed by atoms with Crippen LogP contribution in [0.4, 0.5) is 0 Å². The van der Waals surface area contributed by atoms with E-state index in [4.69, 9.17) is 0 Å². The molecule has 0 saturated heterocycles. The lowest BCUT2D eigenvalue weighted by Crippen LogP contribution is -2.14. The second-order valence-electron chi connectivity index (χ2n) is 2.94. The van der Waals surface area contributed by atoms with Crippen molar-refractivity contribution < 1.29 is 4.79 Å². The summed E-state index contributed by atoms with van der Waals surface area (Å²) in [4.78, 5) is 11.3. The minimum Gasteiger partial charge on any atom is -0.299 e. The van der Waals surface area contributed by atoms with E-state index in [1.807, 2.05) is 0 Å². The third-order valence-corrected chi connectivity index (χ3v) is 2.07. The quantitative estimate of drug-likeness (QED) is 0.565. The molecule has 0 bridgehead atoms. The van der Waals surface area contributed by atoms with Crippen molar-refractivity contribution in [1.29, 1.82) is 0 Å². The average Bonchev–Trinajstić information content (AvgIpc) is 2.07. The fourth-order valence-electron chi connectivity index (χ4n) is 1.39. The summed E-state index contributed by atoms with van der Waals surface area (Å²) in [6.45, 7) is 3.56. The number of allylic oxidation sites excluding steroid dienone is 3. The zero-order valence-corrected chi connectivity index (χ0v) is 6.75. The Bertz CT molecular complexity index is 179. The Morgan fingerprint density at radius 2 is 2.45 bits per heavy atom. The molecule has 1 rings (SSSR count). The Hall–Kier alpha value is -0.850. The molecule has 1 aliphatic rings. The lowest BCUT2D eigenvalue weighted by Gasteiger charge is -2.14. The van der Waals surface area contributed by atoms with Gasteiger partial charge in [-0.15, -0.1) is 6.58 Å². The Morgan fingerprint density at radius 1 is 1.64 bits per heavy atom. The molecule has 0 radical (unpaired) electrons. The first kappa shape index (κ1) is 8.25. The number of ketones is 1. The zero-order chi connectivity index (χ0) is 8.10. The summed E-state index contributed by atoms with van der Waals surface area (Å²) < 4.78 is 0. The maximum atomic E-state index is 11.3. The molecule has 0 saturated carbocycles. The molecule has 0 aromatic carbocycles. The number of carbonyl (C=O) groups excluding carboxylic acids is 1. The highest BCUT2D eigenvalue weighted by Crippen LogP contribution is 2.19. The molecule has 0 amide bonds. The third-order valence-electron chi connectivity index (χ3n) is 2.07. The Kier molecular flexibility index (Phi) is 3.09. The molecule has 60 valence electrons. The van der Waals surface area contributed by atoms with E-state index >= 15 is 0 Å². The minimum absolute atomic E-state index is 0.276. The number of hydrogen-bond acceptors (Lipinski definition) is 1. The molecule has 0 heterocycles. The van der Waals surface area contributed by atoms with E-state index < -0.39 is 0 Å². The van der Waals surface area contributed by atoms with Crippen LogP contribution in [0, 0.1) is 5.92 Å². The largest absolute Gasteiger partial charge is 0.299 e. The van der Waals surface area contributed by atoms with Crippen LogP contribution < -0.4 is 0 Å². The monoisotopic (exact) mass is 150 g/mol. The molecule has 1 aliphatic carbocycles. The highest BCUT2D eigenvalue weighted by atomic mass is 16.1. The van der Waals surface area contributed by atoms with Gasteiger partial charge in [0.05, 0.1) is 0 Å². The highest BCUT2D eigenvalue weighted by molar-refractivity contribution is 5.82. The van der Waals surface area contributed by atoms with Crippen molar-refractivity contribution in [3.63, 3.8) is 0 Å². The Labute approximate surface area is 67.8 Å². The summed E-state index contributed by atoms with van der Waals surface area (Å²) in [5, 5.41) is 0. The smallest absolute Gasteiger partial charge is 0.140 e. The first-order valence-electron chi connectivity index (χ1n) is 4.13. The first-order valence-corrected chi connectivity index (χ1v) is 4.13. The van der Waals surface area contributed by atoms with Gasteiger partial charge in [0.25, 0.3) is 0 Å². The normalized spacial score (nSPS) is 23.1. The zero-order valence-electron chi connectivity index (χ0n) is 6.75. The van der Waals surface area contributed by atoms with E-state index in [1.54, 1.807) is 6.08 Å². The van der Waals surface area contributed by atoms with Crippen LogP contribution in [0.15, 0.2) is 24.8 Å². The number of rotatable bonds is 3. The number of Topliss-reactive ketones (excluding diaryl/α,β-unsaturated/α-hetero) is 1.